The van der Waals surface area contributed by atoms with Crippen LogP contribution in [0.2, 0.25) is 0 Å². The van der Waals surface area contributed by atoms with Crippen molar-refractivity contribution in [2.75, 3.05) is 23.3 Å². The third-order valence-corrected chi connectivity index (χ3v) is 6.59. The Morgan fingerprint density at radius 3 is 2.58 bits per heavy atom. The summed E-state index contributed by atoms with van der Waals surface area (Å²) in [7, 11) is 1.53. The number of hydrogen-bond acceptors (Lipinski definition) is 8. The van der Waals surface area contributed by atoms with E-state index in [9.17, 15) is 26.7 Å². The molecule has 36 heavy (non-hydrogen) atoms. The highest BCUT2D eigenvalue weighted by molar-refractivity contribution is 7.17. The third-order valence-electron chi connectivity index (χ3n) is 5.71. The Bertz CT molecular complexity index is 1270. The molecule has 0 saturated carbocycles. The summed E-state index contributed by atoms with van der Waals surface area (Å²) in [5.74, 6) is -2.51. The zero-order valence-electron chi connectivity index (χ0n) is 18.6. The second kappa shape index (κ2) is 9.93. The van der Waals surface area contributed by atoms with Crippen LogP contribution >= 0.6 is 11.3 Å². The molecule has 16 heteroatoms. The van der Waals surface area contributed by atoms with Gasteiger partial charge in [0.2, 0.25) is 0 Å². The standard InChI is InChI=1S/C18H19F2N7OS.C2HF3O2/c1-26-7-12(15(25-26)16(19)20)23-17(28)11-8-29-18-14(11)24-13(5-22-18)27-6-9-2-3-10(27)4-21-9;3-2(4,5)1(6)7/h5,7-10,16,21H,2-4,6H2,1H3,(H,23,28);(H,6,7)/t9-,10-;/m1./s1. The summed E-state index contributed by atoms with van der Waals surface area (Å²) in [5.41, 5.74) is 0.352. The maximum atomic E-state index is 13.2. The number of alkyl halides is 5. The highest BCUT2D eigenvalue weighted by Crippen LogP contribution is 2.31. The number of aryl methyl sites for hydroxylation is 1. The first-order chi connectivity index (χ1) is 16.9. The van der Waals surface area contributed by atoms with Crippen molar-refractivity contribution in [3.8, 4) is 0 Å². The predicted octanol–water partition coefficient (Wildman–Crippen LogP) is 3.19. The summed E-state index contributed by atoms with van der Waals surface area (Å²) in [6.07, 6.45) is -2.49. The number of rotatable bonds is 4. The van der Waals surface area contributed by atoms with E-state index in [0.29, 0.717) is 28.0 Å². The fraction of sp³-hybridized carbons (Fsp3) is 0.450. The average molecular weight is 533 g/mol. The lowest BCUT2D eigenvalue weighted by Crippen LogP contribution is -2.61. The lowest BCUT2D eigenvalue weighted by Gasteiger charge is -2.46. The first-order valence-electron chi connectivity index (χ1n) is 10.6. The lowest BCUT2D eigenvalue weighted by molar-refractivity contribution is -0.192. The maximum Gasteiger partial charge on any atom is 0.490 e. The number of hydrogen-bond donors (Lipinski definition) is 3. The molecule has 0 aliphatic carbocycles. The number of carbonyl (C=O) groups is 2. The van der Waals surface area contributed by atoms with E-state index in [4.69, 9.17) is 14.9 Å². The molecule has 3 aliphatic rings. The van der Waals surface area contributed by atoms with Gasteiger partial charge in [-0.25, -0.2) is 23.5 Å². The van der Waals surface area contributed by atoms with E-state index in [1.807, 2.05) is 0 Å². The van der Waals surface area contributed by atoms with Crippen molar-refractivity contribution in [3.05, 3.63) is 29.0 Å². The number of aromatic nitrogens is 4. The summed E-state index contributed by atoms with van der Waals surface area (Å²) in [4.78, 5) is 33.8. The molecule has 194 valence electrons. The minimum atomic E-state index is -5.08. The fourth-order valence-corrected chi connectivity index (χ4v) is 4.87. The molecule has 3 fully saturated rings. The Morgan fingerprint density at radius 1 is 1.31 bits per heavy atom. The number of piperazine rings is 1. The summed E-state index contributed by atoms with van der Waals surface area (Å²) in [5, 5.41) is 18.6. The number of anilines is 2. The van der Waals surface area contributed by atoms with Gasteiger partial charge in [0.05, 0.1) is 17.4 Å². The summed E-state index contributed by atoms with van der Waals surface area (Å²) < 4.78 is 59.3. The number of carboxylic acid groups (broad SMARTS) is 1. The quantitative estimate of drug-likeness (QED) is 0.437. The third kappa shape index (κ3) is 5.38. The zero-order chi connectivity index (χ0) is 26.2. The molecule has 2 atom stereocenters. The molecule has 1 amide bonds. The Morgan fingerprint density at radius 2 is 2.03 bits per heavy atom. The smallest absolute Gasteiger partial charge is 0.475 e. The van der Waals surface area contributed by atoms with Crippen molar-refractivity contribution in [2.45, 2.75) is 37.5 Å². The predicted molar refractivity (Wildman–Crippen MR) is 119 cm³/mol. The van der Waals surface area contributed by atoms with Gasteiger partial charge in [-0.3, -0.25) is 9.48 Å². The van der Waals surface area contributed by atoms with Gasteiger partial charge in [0.25, 0.3) is 12.3 Å². The first-order valence-corrected chi connectivity index (χ1v) is 11.5. The van der Waals surface area contributed by atoms with Crippen LogP contribution in [-0.2, 0) is 11.8 Å². The molecule has 3 aromatic rings. The van der Waals surface area contributed by atoms with Gasteiger partial charge in [-0.2, -0.15) is 18.3 Å². The van der Waals surface area contributed by atoms with E-state index < -0.39 is 30.2 Å². The van der Waals surface area contributed by atoms with Gasteiger partial charge in [-0.1, -0.05) is 0 Å². The van der Waals surface area contributed by atoms with E-state index >= 15 is 0 Å². The zero-order valence-corrected chi connectivity index (χ0v) is 19.4. The van der Waals surface area contributed by atoms with Crippen LogP contribution in [0.5, 0.6) is 0 Å². The molecule has 0 spiro atoms. The number of nitrogens with one attached hydrogen (secondary N) is 2. The summed E-state index contributed by atoms with van der Waals surface area (Å²) in [6.45, 7) is 1.78. The number of fused-ring (bicyclic) bond motifs is 4. The van der Waals surface area contributed by atoms with Gasteiger partial charge in [0, 0.05) is 43.8 Å². The maximum absolute atomic E-state index is 13.2. The second-order valence-electron chi connectivity index (χ2n) is 8.18. The molecule has 10 nitrogen and oxygen atoms in total. The van der Waals surface area contributed by atoms with Crippen molar-refractivity contribution >= 4 is 45.1 Å². The monoisotopic (exact) mass is 533 g/mol. The second-order valence-corrected chi connectivity index (χ2v) is 9.04. The van der Waals surface area contributed by atoms with Crippen LogP contribution in [0.3, 0.4) is 0 Å². The molecular formula is C20H20F5N7O3S. The Balaban J connectivity index is 0.000000384. The van der Waals surface area contributed by atoms with Crippen molar-refractivity contribution in [2.24, 2.45) is 7.05 Å². The number of carbonyl (C=O) groups excluding carboxylic acids is 1. The molecule has 0 unspecified atom stereocenters. The highest BCUT2D eigenvalue weighted by atomic mass is 32.1. The Kier molecular flexibility index (Phi) is 7.08. The molecule has 6 rings (SSSR count). The number of thiophene rings is 1. The molecule has 6 heterocycles. The van der Waals surface area contributed by atoms with Crippen LogP contribution in [0.15, 0.2) is 17.8 Å². The van der Waals surface area contributed by atoms with Gasteiger partial charge in [0.1, 0.15) is 16.2 Å². The van der Waals surface area contributed by atoms with E-state index in [0.717, 1.165) is 31.7 Å². The SMILES string of the molecule is Cn1cc(NC(=O)c2csc3ncc(N4C[C@H]5CC[C@@H]4CN5)nc23)c(C(F)F)n1.O=C(O)C(F)(F)F. The largest absolute Gasteiger partial charge is 0.490 e. The number of amides is 1. The average Bonchev–Trinajstić information content (AvgIpc) is 3.42. The van der Waals surface area contributed by atoms with Gasteiger partial charge >= 0.3 is 12.1 Å². The number of halogens is 5. The number of aliphatic carboxylic acids is 1. The molecule has 2 bridgehead atoms. The minimum Gasteiger partial charge on any atom is -0.475 e. The van der Waals surface area contributed by atoms with Crippen molar-refractivity contribution in [1.29, 1.82) is 0 Å². The summed E-state index contributed by atoms with van der Waals surface area (Å²) in [6, 6.07) is 0.813. The van der Waals surface area contributed by atoms with Gasteiger partial charge in [-0.15, -0.1) is 11.3 Å². The minimum absolute atomic E-state index is 0.00428. The number of nitrogens with zero attached hydrogens (tertiary/aromatic N) is 5. The van der Waals surface area contributed by atoms with Gasteiger partial charge in [0.15, 0.2) is 5.69 Å². The molecule has 0 radical (unpaired) electrons. The van der Waals surface area contributed by atoms with Crippen molar-refractivity contribution in [3.63, 3.8) is 0 Å². The first kappa shape index (κ1) is 25.7. The van der Waals surface area contributed by atoms with Gasteiger partial charge < -0.3 is 20.6 Å². The Labute approximate surface area is 204 Å². The van der Waals surface area contributed by atoms with Crippen LogP contribution in [-0.4, -0.2) is 68.1 Å². The molecular weight excluding hydrogens is 513 g/mol. The van der Waals surface area contributed by atoms with Crippen LogP contribution < -0.4 is 15.5 Å². The molecule has 0 aromatic carbocycles. The van der Waals surface area contributed by atoms with Crippen LogP contribution in [0, 0.1) is 0 Å². The van der Waals surface area contributed by atoms with Crippen LogP contribution in [0.25, 0.3) is 10.3 Å². The molecule has 3 N–H and O–H groups in total. The van der Waals surface area contributed by atoms with Crippen LogP contribution in [0.1, 0.15) is 35.3 Å². The number of carboxylic acids is 1. The topological polar surface area (TPSA) is 125 Å². The number of piperidine rings is 2. The lowest BCUT2D eigenvalue weighted by atomic mass is 9.93. The van der Waals surface area contributed by atoms with Gasteiger partial charge in [-0.05, 0) is 12.8 Å². The molecule has 3 saturated heterocycles. The Hall–Kier alpha value is -3.40. The van der Waals surface area contributed by atoms with E-state index in [2.05, 4.69) is 25.6 Å². The van der Waals surface area contributed by atoms with Crippen molar-refractivity contribution in [1.82, 2.24) is 25.1 Å². The molecule has 3 aromatic heterocycles. The highest BCUT2D eigenvalue weighted by Gasteiger charge is 2.38. The summed E-state index contributed by atoms with van der Waals surface area (Å²) >= 11 is 1.30. The normalized spacial score (nSPS) is 19.4. The van der Waals surface area contributed by atoms with E-state index in [1.165, 1.54) is 29.3 Å². The van der Waals surface area contributed by atoms with Crippen molar-refractivity contribution < 1.29 is 36.6 Å². The van der Waals surface area contributed by atoms with E-state index in [1.54, 1.807) is 11.6 Å². The fourth-order valence-electron chi connectivity index (χ4n) is 4.04. The van der Waals surface area contributed by atoms with Crippen LogP contribution in [0.4, 0.5) is 33.5 Å². The molecule has 3 aliphatic heterocycles. The van der Waals surface area contributed by atoms with E-state index in [-0.39, 0.29) is 5.69 Å².